The third kappa shape index (κ3) is 3.49. The second kappa shape index (κ2) is 7.21. The van der Waals surface area contributed by atoms with Gasteiger partial charge in [-0.3, -0.25) is 4.40 Å². The zero-order valence-electron chi connectivity index (χ0n) is 17.4. The van der Waals surface area contributed by atoms with Crippen LogP contribution in [0.25, 0.3) is 16.7 Å². The number of hydrogen-bond acceptors (Lipinski definition) is 4. The SMILES string of the molecule is CCN(c1cc(F)cc(CCC2(C)CC2)c1)c1nc2nncn2c2ccc(F)c(F)c12. The fraction of sp³-hybridized carbons (Fsp3) is 0.348. The molecular weight excluding hydrogens is 403 g/mol. The molecule has 0 saturated heterocycles. The van der Waals surface area contributed by atoms with E-state index in [1.807, 2.05) is 13.0 Å². The van der Waals surface area contributed by atoms with Crippen LogP contribution in [0.5, 0.6) is 0 Å². The monoisotopic (exact) mass is 425 g/mol. The maximum Gasteiger partial charge on any atom is 0.257 e. The summed E-state index contributed by atoms with van der Waals surface area (Å²) in [5, 5.41) is 7.82. The van der Waals surface area contributed by atoms with Crippen molar-refractivity contribution in [3.8, 4) is 0 Å². The minimum absolute atomic E-state index is 0.00505. The minimum atomic E-state index is -1.01. The van der Waals surface area contributed by atoms with E-state index in [9.17, 15) is 13.2 Å². The van der Waals surface area contributed by atoms with Gasteiger partial charge in [-0.15, -0.1) is 10.2 Å². The smallest absolute Gasteiger partial charge is 0.257 e. The number of hydrogen-bond donors (Lipinski definition) is 0. The Labute approximate surface area is 177 Å². The summed E-state index contributed by atoms with van der Waals surface area (Å²) in [6.45, 7) is 4.48. The summed E-state index contributed by atoms with van der Waals surface area (Å²) < 4.78 is 45.1. The first kappa shape index (κ1) is 19.8. The van der Waals surface area contributed by atoms with E-state index < -0.39 is 11.6 Å². The molecule has 0 N–H and O–H groups in total. The summed E-state index contributed by atoms with van der Waals surface area (Å²) in [6.07, 6.45) is 5.57. The Balaban J connectivity index is 1.66. The number of aromatic nitrogens is 4. The van der Waals surface area contributed by atoms with Crippen LogP contribution in [-0.4, -0.2) is 26.1 Å². The normalized spacial score (nSPS) is 15.0. The molecule has 160 valence electrons. The van der Waals surface area contributed by atoms with Gasteiger partial charge in [-0.05, 0) is 73.9 Å². The van der Waals surface area contributed by atoms with Crippen molar-refractivity contribution >= 4 is 28.2 Å². The number of fused-ring (bicyclic) bond motifs is 3. The molecule has 4 aromatic rings. The van der Waals surface area contributed by atoms with E-state index in [0.717, 1.165) is 24.5 Å². The van der Waals surface area contributed by atoms with Gasteiger partial charge < -0.3 is 4.90 Å². The lowest BCUT2D eigenvalue weighted by atomic mass is 9.98. The van der Waals surface area contributed by atoms with Crippen molar-refractivity contribution < 1.29 is 13.2 Å². The summed E-state index contributed by atoms with van der Waals surface area (Å²) >= 11 is 0. The Bertz CT molecular complexity index is 1300. The largest absolute Gasteiger partial charge is 0.326 e. The van der Waals surface area contributed by atoms with Crippen LogP contribution in [0, 0.1) is 22.9 Å². The van der Waals surface area contributed by atoms with Gasteiger partial charge in [0, 0.05) is 12.2 Å². The van der Waals surface area contributed by atoms with Crippen molar-refractivity contribution in [1.29, 1.82) is 0 Å². The fourth-order valence-electron chi connectivity index (χ4n) is 4.07. The molecule has 31 heavy (non-hydrogen) atoms. The van der Waals surface area contributed by atoms with Crippen LogP contribution in [0.3, 0.4) is 0 Å². The molecule has 1 fully saturated rings. The summed E-state index contributed by atoms with van der Waals surface area (Å²) in [4.78, 5) is 6.14. The van der Waals surface area contributed by atoms with E-state index in [2.05, 4.69) is 22.1 Å². The van der Waals surface area contributed by atoms with Gasteiger partial charge in [0.1, 0.15) is 18.0 Å². The molecule has 2 heterocycles. The molecule has 0 bridgehead atoms. The second-order valence-corrected chi connectivity index (χ2v) is 8.56. The highest BCUT2D eigenvalue weighted by Gasteiger charge is 2.36. The van der Waals surface area contributed by atoms with Crippen molar-refractivity contribution in [3.05, 3.63) is 59.7 Å². The van der Waals surface area contributed by atoms with Gasteiger partial charge in [-0.25, -0.2) is 13.2 Å². The van der Waals surface area contributed by atoms with E-state index in [0.29, 0.717) is 23.2 Å². The number of aryl methyl sites for hydroxylation is 1. The van der Waals surface area contributed by atoms with Crippen LogP contribution >= 0.6 is 0 Å². The molecule has 2 aromatic carbocycles. The molecular formula is C23H22F3N5. The van der Waals surface area contributed by atoms with Crippen molar-refractivity contribution in [2.24, 2.45) is 5.41 Å². The average Bonchev–Trinajstić information content (AvgIpc) is 3.29. The highest BCUT2D eigenvalue weighted by molar-refractivity contribution is 5.94. The number of rotatable bonds is 6. The van der Waals surface area contributed by atoms with Crippen LogP contribution in [0.2, 0.25) is 0 Å². The van der Waals surface area contributed by atoms with Gasteiger partial charge in [-0.2, -0.15) is 4.98 Å². The van der Waals surface area contributed by atoms with Crippen LogP contribution in [0.4, 0.5) is 24.7 Å². The van der Waals surface area contributed by atoms with Crippen LogP contribution in [0.15, 0.2) is 36.7 Å². The Morgan fingerprint density at radius 1 is 1.13 bits per heavy atom. The zero-order valence-corrected chi connectivity index (χ0v) is 17.4. The Hall–Kier alpha value is -3.16. The highest BCUT2D eigenvalue weighted by atomic mass is 19.2. The minimum Gasteiger partial charge on any atom is -0.326 e. The van der Waals surface area contributed by atoms with Gasteiger partial charge >= 0.3 is 0 Å². The Morgan fingerprint density at radius 3 is 2.68 bits per heavy atom. The topological polar surface area (TPSA) is 46.3 Å². The molecule has 0 unspecified atom stereocenters. The first-order chi connectivity index (χ1) is 14.9. The number of halogens is 3. The van der Waals surface area contributed by atoms with Crippen molar-refractivity contribution in [3.63, 3.8) is 0 Å². The Kier molecular flexibility index (Phi) is 4.60. The molecule has 1 aliphatic carbocycles. The van der Waals surface area contributed by atoms with Crippen LogP contribution in [-0.2, 0) is 6.42 Å². The van der Waals surface area contributed by atoms with E-state index in [4.69, 9.17) is 0 Å². The number of benzene rings is 2. The molecule has 0 spiro atoms. The molecule has 8 heteroatoms. The van der Waals surface area contributed by atoms with E-state index >= 15 is 0 Å². The van der Waals surface area contributed by atoms with Gasteiger partial charge in [0.25, 0.3) is 5.78 Å². The first-order valence-electron chi connectivity index (χ1n) is 10.4. The molecule has 0 aliphatic heterocycles. The number of nitrogens with zero attached hydrogens (tertiary/aromatic N) is 5. The molecule has 0 radical (unpaired) electrons. The molecule has 2 aromatic heterocycles. The first-order valence-corrected chi connectivity index (χ1v) is 10.4. The molecule has 5 rings (SSSR count). The maximum atomic E-state index is 15.0. The van der Waals surface area contributed by atoms with Crippen molar-refractivity contribution in [1.82, 2.24) is 19.6 Å². The number of anilines is 2. The van der Waals surface area contributed by atoms with Gasteiger partial charge in [0.15, 0.2) is 11.6 Å². The van der Waals surface area contributed by atoms with E-state index in [1.54, 1.807) is 4.90 Å². The lowest BCUT2D eigenvalue weighted by Crippen LogP contribution is -2.19. The lowest BCUT2D eigenvalue weighted by Gasteiger charge is -2.25. The van der Waals surface area contributed by atoms with Gasteiger partial charge in [0.05, 0.1) is 10.9 Å². The lowest BCUT2D eigenvalue weighted by molar-refractivity contribution is 0.516. The van der Waals surface area contributed by atoms with Crippen molar-refractivity contribution in [2.75, 3.05) is 11.4 Å². The van der Waals surface area contributed by atoms with Crippen LogP contribution < -0.4 is 4.90 Å². The molecule has 1 aliphatic rings. The quantitative estimate of drug-likeness (QED) is 0.404. The summed E-state index contributed by atoms with van der Waals surface area (Å²) in [5.74, 6) is -1.92. The fourth-order valence-corrected chi connectivity index (χ4v) is 4.07. The van der Waals surface area contributed by atoms with Gasteiger partial charge in [0.2, 0.25) is 0 Å². The molecule has 5 nitrogen and oxygen atoms in total. The standard InChI is InChI=1S/C23H22F3N5/c1-3-30(16-11-14(10-15(24)12-16)6-7-23(2)8-9-23)21-19-18(5-4-17(25)20(19)26)31-13-27-29-22(31)28-21/h4-5,10-13H,3,6-9H2,1-2H3. The highest BCUT2D eigenvalue weighted by Crippen LogP contribution is 2.48. The zero-order chi connectivity index (χ0) is 21.8. The summed E-state index contributed by atoms with van der Waals surface area (Å²) in [7, 11) is 0. The molecule has 1 saturated carbocycles. The van der Waals surface area contributed by atoms with Crippen molar-refractivity contribution in [2.45, 2.75) is 39.5 Å². The molecule has 0 atom stereocenters. The predicted octanol–water partition coefficient (Wildman–Crippen LogP) is 5.59. The van der Waals surface area contributed by atoms with E-state index in [1.165, 1.54) is 41.8 Å². The van der Waals surface area contributed by atoms with E-state index in [-0.39, 0.29) is 22.8 Å². The maximum absolute atomic E-state index is 15.0. The van der Waals surface area contributed by atoms with Crippen LogP contribution in [0.1, 0.15) is 38.7 Å². The third-order valence-electron chi connectivity index (χ3n) is 6.24. The predicted molar refractivity (Wildman–Crippen MR) is 113 cm³/mol. The Morgan fingerprint density at radius 2 is 1.94 bits per heavy atom. The second-order valence-electron chi connectivity index (χ2n) is 8.56. The third-order valence-corrected chi connectivity index (χ3v) is 6.24. The average molecular weight is 425 g/mol. The summed E-state index contributed by atoms with van der Waals surface area (Å²) in [6, 6.07) is 7.37. The van der Waals surface area contributed by atoms with Gasteiger partial charge in [-0.1, -0.05) is 6.92 Å². The summed E-state index contributed by atoms with van der Waals surface area (Å²) in [5.41, 5.74) is 2.16. The molecule has 0 amide bonds.